The van der Waals surface area contributed by atoms with E-state index in [4.69, 9.17) is 19.2 Å². The van der Waals surface area contributed by atoms with Gasteiger partial charge in [0.1, 0.15) is 5.82 Å². The number of hydrogen-bond acceptors (Lipinski definition) is 4. The van der Waals surface area contributed by atoms with Crippen molar-refractivity contribution in [2.45, 2.75) is 31.6 Å². The summed E-state index contributed by atoms with van der Waals surface area (Å²) in [5.74, 6) is 2.15. The van der Waals surface area contributed by atoms with Crippen molar-refractivity contribution >= 4 is 5.96 Å². The standard InChI is InChI=1S/C24H30FN3O3/c1-2-26-23(27-12-9-18-5-3-4-6-20(18)25)28-16-24(10-13-29-14-11-24)19-7-8-21-22(15-19)31-17-30-21/h3-8,15H,2,9-14,16-17H2,1H3,(H2,26,27,28). The van der Waals surface area contributed by atoms with Crippen molar-refractivity contribution in [2.24, 2.45) is 4.99 Å². The molecule has 2 aliphatic rings. The van der Waals surface area contributed by atoms with Gasteiger partial charge in [-0.05, 0) is 55.5 Å². The van der Waals surface area contributed by atoms with Gasteiger partial charge in [0.25, 0.3) is 0 Å². The highest BCUT2D eigenvalue weighted by Crippen LogP contribution is 2.41. The second-order valence-electron chi connectivity index (χ2n) is 7.92. The number of nitrogens with zero attached hydrogens (tertiary/aromatic N) is 1. The molecule has 2 aromatic rings. The summed E-state index contributed by atoms with van der Waals surface area (Å²) in [6.07, 6.45) is 2.38. The lowest BCUT2D eigenvalue weighted by atomic mass is 9.74. The first-order valence-electron chi connectivity index (χ1n) is 10.9. The Bertz CT molecular complexity index is 913. The van der Waals surface area contributed by atoms with Crippen LogP contribution < -0.4 is 20.1 Å². The molecule has 1 saturated heterocycles. The van der Waals surface area contributed by atoms with Crippen LogP contribution in [0, 0.1) is 5.82 Å². The van der Waals surface area contributed by atoms with Crippen LogP contribution in [0.5, 0.6) is 11.5 Å². The van der Waals surface area contributed by atoms with Gasteiger partial charge < -0.3 is 24.8 Å². The Kier molecular flexibility index (Phi) is 6.92. The smallest absolute Gasteiger partial charge is 0.231 e. The SMILES string of the molecule is CCNC(=NCC1(c2ccc3c(c2)OCO3)CCOCC1)NCCc1ccccc1F. The average Bonchev–Trinajstić information content (AvgIpc) is 3.27. The van der Waals surface area contributed by atoms with Crippen LogP contribution in [0.4, 0.5) is 4.39 Å². The normalized spacial score (nSPS) is 17.4. The van der Waals surface area contributed by atoms with Crippen molar-refractivity contribution in [3.63, 3.8) is 0 Å². The van der Waals surface area contributed by atoms with Crippen molar-refractivity contribution in [3.8, 4) is 11.5 Å². The Labute approximate surface area is 182 Å². The van der Waals surface area contributed by atoms with E-state index < -0.39 is 0 Å². The predicted molar refractivity (Wildman–Crippen MR) is 118 cm³/mol. The molecule has 0 amide bonds. The molecular weight excluding hydrogens is 397 g/mol. The molecule has 2 heterocycles. The maximum absolute atomic E-state index is 13.9. The van der Waals surface area contributed by atoms with Gasteiger partial charge in [-0.2, -0.15) is 0 Å². The lowest BCUT2D eigenvalue weighted by molar-refractivity contribution is 0.0530. The summed E-state index contributed by atoms with van der Waals surface area (Å²) in [5.41, 5.74) is 1.78. The van der Waals surface area contributed by atoms with Gasteiger partial charge in [-0.3, -0.25) is 4.99 Å². The summed E-state index contributed by atoms with van der Waals surface area (Å²) in [6.45, 7) is 5.71. The number of fused-ring (bicyclic) bond motifs is 1. The Morgan fingerprint density at radius 1 is 1.06 bits per heavy atom. The van der Waals surface area contributed by atoms with Crippen LogP contribution in [-0.4, -0.2) is 45.6 Å². The van der Waals surface area contributed by atoms with E-state index in [0.717, 1.165) is 36.8 Å². The minimum absolute atomic E-state index is 0.118. The predicted octanol–water partition coefficient (Wildman–Crippen LogP) is 3.40. The van der Waals surface area contributed by atoms with Gasteiger partial charge in [0.15, 0.2) is 17.5 Å². The zero-order valence-electron chi connectivity index (χ0n) is 18.0. The van der Waals surface area contributed by atoms with Gasteiger partial charge >= 0.3 is 0 Å². The van der Waals surface area contributed by atoms with E-state index in [0.29, 0.717) is 38.3 Å². The van der Waals surface area contributed by atoms with Crippen LogP contribution in [0.2, 0.25) is 0 Å². The Morgan fingerprint density at radius 3 is 2.68 bits per heavy atom. The molecule has 2 aromatic carbocycles. The van der Waals surface area contributed by atoms with Crippen LogP contribution >= 0.6 is 0 Å². The molecule has 2 aliphatic heterocycles. The average molecular weight is 428 g/mol. The monoisotopic (exact) mass is 427 g/mol. The van der Waals surface area contributed by atoms with Gasteiger partial charge in [0.2, 0.25) is 6.79 Å². The largest absolute Gasteiger partial charge is 0.454 e. The summed E-state index contributed by atoms with van der Waals surface area (Å²) in [6, 6.07) is 13.1. The molecule has 0 spiro atoms. The molecule has 0 saturated carbocycles. The van der Waals surface area contributed by atoms with Gasteiger partial charge in [0.05, 0.1) is 6.54 Å². The van der Waals surface area contributed by atoms with E-state index in [2.05, 4.69) is 22.8 Å². The number of hydrogen-bond donors (Lipinski definition) is 2. The van der Waals surface area contributed by atoms with Crippen molar-refractivity contribution in [3.05, 3.63) is 59.4 Å². The fraction of sp³-hybridized carbons (Fsp3) is 0.458. The third-order valence-corrected chi connectivity index (χ3v) is 5.96. The second-order valence-corrected chi connectivity index (χ2v) is 7.92. The van der Waals surface area contributed by atoms with E-state index in [-0.39, 0.29) is 18.0 Å². The van der Waals surface area contributed by atoms with Gasteiger partial charge in [-0.25, -0.2) is 4.39 Å². The number of halogens is 1. The summed E-state index contributed by atoms with van der Waals surface area (Å²) in [7, 11) is 0. The quantitative estimate of drug-likeness (QED) is 0.524. The third-order valence-electron chi connectivity index (χ3n) is 5.96. The third kappa shape index (κ3) is 5.10. The first-order valence-corrected chi connectivity index (χ1v) is 10.9. The number of nitrogens with one attached hydrogen (secondary N) is 2. The molecule has 0 aromatic heterocycles. The minimum atomic E-state index is -0.171. The molecule has 166 valence electrons. The number of benzene rings is 2. The molecule has 0 atom stereocenters. The first kappa shape index (κ1) is 21.4. The van der Waals surface area contributed by atoms with E-state index in [9.17, 15) is 4.39 Å². The number of aliphatic imine (C=N–C) groups is 1. The lowest BCUT2D eigenvalue weighted by Crippen LogP contribution is -2.41. The van der Waals surface area contributed by atoms with Gasteiger partial charge in [-0.1, -0.05) is 24.3 Å². The molecule has 0 bridgehead atoms. The first-order chi connectivity index (χ1) is 15.2. The van der Waals surface area contributed by atoms with Crippen molar-refractivity contribution < 1.29 is 18.6 Å². The molecule has 0 aliphatic carbocycles. The molecule has 0 unspecified atom stereocenters. The maximum atomic E-state index is 13.9. The zero-order chi connectivity index (χ0) is 21.5. The molecule has 6 nitrogen and oxygen atoms in total. The van der Waals surface area contributed by atoms with E-state index in [1.54, 1.807) is 6.07 Å². The lowest BCUT2D eigenvalue weighted by Gasteiger charge is -2.36. The second kappa shape index (κ2) is 10.0. The fourth-order valence-corrected chi connectivity index (χ4v) is 4.12. The van der Waals surface area contributed by atoms with Crippen LogP contribution in [-0.2, 0) is 16.6 Å². The molecule has 1 fully saturated rings. The molecule has 2 N–H and O–H groups in total. The van der Waals surface area contributed by atoms with Crippen molar-refractivity contribution in [2.75, 3.05) is 39.6 Å². The topological polar surface area (TPSA) is 64.1 Å². The fourth-order valence-electron chi connectivity index (χ4n) is 4.12. The maximum Gasteiger partial charge on any atom is 0.231 e. The summed E-state index contributed by atoms with van der Waals surface area (Å²) in [4.78, 5) is 4.91. The molecular formula is C24H30FN3O3. The molecule has 0 radical (unpaired) electrons. The zero-order valence-corrected chi connectivity index (χ0v) is 18.0. The number of guanidine groups is 1. The summed E-state index contributed by atoms with van der Waals surface area (Å²) < 4.78 is 30.6. The highest BCUT2D eigenvalue weighted by Gasteiger charge is 2.35. The number of ether oxygens (including phenoxy) is 3. The van der Waals surface area contributed by atoms with Gasteiger partial charge in [0, 0.05) is 31.7 Å². The minimum Gasteiger partial charge on any atom is -0.454 e. The number of rotatable bonds is 7. The van der Waals surface area contributed by atoms with Crippen LogP contribution in [0.25, 0.3) is 0 Å². The van der Waals surface area contributed by atoms with E-state index >= 15 is 0 Å². The van der Waals surface area contributed by atoms with E-state index in [1.807, 2.05) is 25.1 Å². The molecule has 4 rings (SSSR count). The highest BCUT2D eigenvalue weighted by atomic mass is 19.1. The van der Waals surface area contributed by atoms with E-state index in [1.165, 1.54) is 11.6 Å². The Morgan fingerprint density at radius 2 is 1.87 bits per heavy atom. The summed E-state index contributed by atoms with van der Waals surface area (Å²) in [5, 5.41) is 6.65. The molecule has 31 heavy (non-hydrogen) atoms. The van der Waals surface area contributed by atoms with Crippen LogP contribution in [0.3, 0.4) is 0 Å². The Balaban J connectivity index is 1.47. The van der Waals surface area contributed by atoms with Crippen molar-refractivity contribution in [1.82, 2.24) is 10.6 Å². The van der Waals surface area contributed by atoms with Crippen LogP contribution in [0.1, 0.15) is 30.9 Å². The van der Waals surface area contributed by atoms with Crippen molar-refractivity contribution in [1.29, 1.82) is 0 Å². The van der Waals surface area contributed by atoms with Crippen LogP contribution in [0.15, 0.2) is 47.5 Å². The molecule has 7 heteroatoms. The Hall–Kier alpha value is -2.80. The highest BCUT2D eigenvalue weighted by molar-refractivity contribution is 5.79. The van der Waals surface area contributed by atoms with Gasteiger partial charge in [-0.15, -0.1) is 0 Å². The summed E-state index contributed by atoms with van der Waals surface area (Å²) >= 11 is 0.